The second-order valence-electron chi connectivity index (χ2n) is 7.76. The summed E-state index contributed by atoms with van der Waals surface area (Å²) in [6.45, 7) is 0.107. The third kappa shape index (κ3) is 5.15. The lowest BCUT2D eigenvalue weighted by molar-refractivity contribution is 0.0669. The fourth-order valence-corrected chi connectivity index (χ4v) is 3.89. The molecule has 0 unspecified atom stereocenters. The van der Waals surface area contributed by atoms with Gasteiger partial charge in [0, 0.05) is 24.0 Å². The molecule has 0 aliphatic heterocycles. The highest BCUT2D eigenvalue weighted by Gasteiger charge is 2.23. The van der Waals surface area contributed by atoms with Crippen LogP contribution >= 0.6 is 11.6 Å². The van der Waals surface area contributed by atoms with Gasteiger partial charge < -0.3 is 20.3 Å². The number of hydrogen-bond donors (Lipinski definition) is 3. The van der Waals surface area contributed by atoms with Crippen LogP contribution in [0.1, 0.15) is 48.0 Å². The Morgan fingerprint density at radius 3 is 2.84 bits per heavy atom. The maximum Gasteiger partial charge on any atom is 0.261 e. The average molecular weight is 445 g/mol. The number of fused-ring (bicyclic) bond motifs is 1. The molecule has 1 fully saturated rings. The molecule has 0 spiro atoms. The topological polar surface area (TPSA) is 109 Å². The molecule has 1 aromatic carbocycles. The monoisotopic (exact) mass is 444 g/mol. The Balaban J connectivity index is 1.52. The van der Waals surface area contributed by atoms with Crippen molar-refractivity contribution in [3.63, 3.8) is 0 Å². The predicted molar refractivity (Wildman–Crippen MR) is 117 cm³/mol. The number of aromatic nitrogens is 3. The lowest BCUT2D eigenvalue weighted by atomic mass is 9.95. The molecule has 9 heteroatoms. The number of carbonyl (C=O) groups excluding carboxylic acids is 1. The zero-order valence-corrected chi connectivity index (χ0v) is 17.8. The highest BCUT2D eigenvalue weighted by molar-refractivity contribution is 6.31. The number of halogens is 1. The summed E-state index contributed by atoms with van der Waals surface area (Å²) in [4.78, 5) is 17.4. The first-order valence-corrected chi connectivity index (χ1v) is 10.8. The quantitative estimate of drug-likeness (QED) is 0.516. The van der Waals surface area contributed by atoms with E-state index in [0.717, 1.165) is 18.4 Å². The third-order valence-corrected chi connectivity index (χ3v) is 5.64. The second-order valence-corrected chi connectivity index (χ2v) is 8.20. The van der Waals surface area contributed by atoms with Gasteiger partial charge >= 0.3 is 0 Å². The van der Waals surface area contributed by atoms with E-state index >= 15 is 0 Å². The van der Waals surface area contributed by atoms with Gasteiger partial charge in [-0.25, -0.2) is 9.50 Å². The average Bonchev–Trinajstić information content (AvgIpc) is 3.19. The van der Waals surface area contributed by atoms with E-state index in [9.17, 15) is 9.90 Å². The maximum atomic E-state index is 13.0. The number of aliphatic hydroxyl groups is 2. The molecule has 0 saturated heterocycles. The fourth-order valence-electron chi connectivity index (χ4n) is 3.72. The number of nitrogens with zero attached hydrogens (tertiary/aromatic N) is 3. The van der Waals surface area contributed by atoms with Gasteiger partial charge in [-0.2, -0.15) is 5.10 Å². The van der Waals surface area contributed by atoms with Crippen LogP contribution in [-0.2, 0) is 6.42 Å². The lowest BCUT2D eigenvalue weighted by Crippen LogP contribution is -2.27. The van der Waals surface area contributed by atoms with E-state index in [1.54, 1.807) is 35.1 Å². The minimum atomic E-state index is -0.364. The standard InChI is InChI=1S/C22H25ClN4O4/c23-15-3-8-20(31-17-6-4-16(29)5-7-17)19(10-15)26-22(30)18-12-25-27-13-14(2-1-9-28)11-24-21(18)27/h3,8,10-13,16-17,28-29H,1-2,4-7,9H2,(H,26,30). The molecule has 1 aliphatic rings. The first kappa shape index (κ1) is 21.5. The Labute approximate surface area is 184 Å². The van der Waals surface area contributed by atoms with Crippen molar-refractivity contribution in [1.29, 1.82) is 0 Å². The molecule has 2 aromatic heterocycles. The molecular weight excluding hydrogens is 420 g/mol. The summed E-state index contributed by atoms with van der Waals surface area (Å²) in [6, 6.07) is 5.11. The molecule has 31 heavy (non-hydrogen) atoms. The van der Waals surface area contributed by atoms with Crippen LogP contribution in [0, 0.1) is 0 Å². The minimum absolute atomic E-state index is 0.0174. The molecule has 2 heterocycles. The van der Waals surface area contributed by atoms with Crippen LogP contribution in [0.15, 0.2) is 36.8 Å². The molecule has 1 saturated carbocycles. The first-order valence-electron chi connectivity index (χ1n) is 10.4. The predicted octanol–water partition coefficient (Wildman–Crippen LogP) is 3.24. The number of ether oxygens (including phenoxy) is 1. The minimum Gasteiger partial charge on any atom is -0.488 e. The van der Waals surface area contributed by atoms with Gasteiger partial charge in [-0.1, -0.05) is 11.6 Å². The van der Waals surface area contributed by atoms with Crippen LogP contribution in [0.4, 0.5) is 5.69 Å². The molecule has 1 aliphatic carbocycles. The van der Waals surface area contributed by atoms with E-state index in [4.69, 9.17) is 21.4 Å². The molecule has 3 N–H and O–H groups in total. The van der Waals surface area contributed by atoms with E-state index in [2.05, 4.69) is 15.4 Å². The van der Waals surface area contributed by atoms with Gasteiger partial charge in [-0.3, -0.25) is 4.79 Å². The molecule has 1 amide bonds. The number of carbonyl (C=O) groups is 1. The van der Waals surface area contributed by atoms with Crippen LogP contribution < -0.4 is 10.1 Å². The van der Waals surface area contributed by atoms with Gasteiger partial charge in [0.2, 0.25) is 0 Å². The van der Waals surface area contributed by atoms with Crippen molar-refractivity contribution in [2.75, 3.05) is 11.9 Å². The van der Waals surface area contributed by atoms with E-state index < -0.39 is 0 Å². The van der Waals surface area contributed by atoms with Gasteiger partial charge in [0.05, 0.1) is 24.1 Å². The molecule has 0 atom stereocenters. The zero-order valence-electron chi connectivity index (χ0n) is 17.0. The van der Waals surface area contributed by atoms with Crippen LogP contribution in [0.2, 0.25) is 5.02 Å². The Hall–Kier alpha value is -2.68. The van der Waals surface area contributed by atoms with E-state index in [1.165, 1.54) is 6.20 Å². The Kier molecular flexibility index (Phi) is 6.70. The number of anilines is 1. The van der Waals surface area contributed by atoms with E-state index in [-0.39, 0.29) is 24.7 Å². The first-order chi connectivity index (χ1) is 15.0. The molecular formula is C22H25ClN4O4. The number of aryl methyl sites for hydroxylation is 1. The number of aliphatic hydroxyl groups excluding tert-OH is 2. The van der Waals surface area contributed by atoms with Gasteiger partial charge in [-0.05, 0) is 62.3 Å². The second kappa shape index (κ2) is 9.64. The Bertz CT molecular complexity index is 1060. The summed E-state index contributed by atoms with van der Waals surface area (Å²) in [7, 11) is 0. The summed E-state index contributed by atoms with van der Waals surface area (Å²) >= 11 is 6.15. The van der Waals surface area contributed by atoms with Crippen molar-refractivity contribution in [1.82, 2.24) is 14.6 Å². The van der Waals surface area contributed by atoms with E-state index in [0.29, 0.717) is 53.4 Å². The molecule has 0 bridgehead atoms. The van der Waals surface area contributed by atoms with Crippen LogP contribution in [-0.4, -0.2) is 49.5 Å². The van der Waals surface area contributed by atoms with Crippen molar-refractivity contribution < 1.29 is 19.7 Å². The fraction of sp³-hybridized carbons (Fsp3) is 0.409. The Morgan fingerprint density at radius 2 is 2.06 bits per heavy atom. The smallest absolute Gasteiger partial charge is 0.261 e. The van der Waals surface area contributed by atoms with Crippen LogP contribution in [0.3, 0.4) is 0 Å². The van der Waals surface area contributed by atoms with Gasteiger partial charge in [0.15, 0.2) is 5.65 Å². The molecule has 8 nitrogen and oxygen atoms in total. The van der Waals surface area contributed by atoms with Crippen molar-refractivity contribution in [3.05, 3.63) is 52.9 Å². The highest BCUT2D eigenvalue weighted by atomic mass is 35.5. The van der Waals surface area contributed by atoms with E-state index in [1.807, 2.05) is 0 Å². The third-order valence-electron chi connectivity index (χ3n) is 5.41. The number of amides is 1. The Morgan fingerprint density at radius 1 is 1.26 bits per heavy atom. The summed E-state index contributed by atoms with van der Waals surface area (Å²) in [5.74, 6) is 0.173. The van der Waals surface area contributed by atoms with Crippen molar-refractivity contribution in [3.8, 4) is 5.75 Å². The number of hydrogen-bond acceptors (Lipinski definition) is 6. The van der Waals surface area contributed by atoms with Crippen molar-refractivity contribution in [2.45, 2.75) is 50.7 Å². The molecule has 3 aromatic rings. The van der Waals surface area contributed by atoms with Gasteiger partial charge in [0.25, 0.3) is 5.91 Å². The summed E-state index contributed by atoms with van der Waals surface area (Å²) in [5.41, 5.74) is 2.18. The highest BCUT2D eigenvalue weighted by Crippen LogP contribution is 2.32. The maximum absolute atomic E-state index is 13.0. The normalized spacial score (nSPS) is 18.8. The SMILES string of the molecule is O=C(Nc1cc(Cl)ccc1OC1CCC(O)CC1)c1cnn2cc(CCCO)cnc12. The summed E-state index contributed by atoms with van der Waals surface area (Å²) in [6.07, 6.45) is 8.93. The summed E-state index contributed by atoms with van der Waals surface area (Å²) in [5, 5.41) is 26.3. The number of benzene rings is 1. The molecule has 164 valence electrons. The number of rotatable bonds is 7. The zero-order chi connectivity index (χ0) is 21.8. The largest absolute Gasteiger partial charge is 0.488 e. The van der Waals surface area contributed by atoms with Gasteiger partial charge in [0.1, 0.15) is 11.3 Å². The lowest BCUT2D eigenvalue weighted by Gasteiger charge is -2.27. The van der Waals surface area contributed by atoms with Crippen molar-refractivity contribution in [2.24, 2.45) is 0 Å². The van der Waals surface area contributed by atoms with Gasteiger partial charge in [-0.15, -0.1) is 0 Å². The molecule has 4 rings (SSSR count). The summed E-state index contributed by atoms with van der Waals surface area (Å²) < 4.78 is 7.67. The number of nitrogens with one attached hydrogen (secondary N) is 1. The van der Waals surface area contributed by atoms with Crippen LogP contribution in [0.5, 0.6) is 5.75 Å². The van der Waals surface area contributed by atoms with Crippen molar-refractivity contribution >= 4 is 28.8 Å². The molecule has 0 radical (unpaired) electrons. The van der Waals surface area contributed by atoms with Crippen LogP contribution in [0.25, 0.3) is 5.65 Å².